The summed E-state index contributed by atoms with van der Waals surface area (Å²) in [6.45, 7) is 6.30. The molecule has 5 heteroatoms. The van der Waals surface area contributed by atoms with Gasteiger partial charge < -0.3 is 20.1 Å². The van der Waals surface area contributed by atoms with E-state index in [1.807, 2.05) is 36.1 Å². The first-order valence-electron chi connectivity index (χ1n) is 8.74. The number of likely N-dealkylation sites (tertiary alicyclic amines) is 1. The molecule has 2 atom stereocenters. The molecule has 1 fully saturated rings. The summed E-state index contributed by atoms with van der Waals surface area (Å²) in [7, 11) is 0. The number of ether oxygens (including phenoxy) is 2. The number of fused-ring (bicyclic) bond motifs is 1. The van der Waals surface area contributed by atoms with Crippen molar-refractivity contribution in [2.75, 3.05) is 26.3 Å². The highest BCUT2D eigenvalue weighted by Crippen LogP contribution is 2.36. The lowest BCUT2D eigenvalue weighted by atomic mass is 9.91. The second kappa shape index (κ2) is 7.26. The molecule has 5 nitrogen and oxygen atoms in total. The standard InChI is InChI=1S/C19H26N2O3/c1-3-23-17-6-4-5-14-10-15(12-24-18(14)17)19(22)21-8-7-13(2)9-16(21)11-20/h4-6,10,13,16H,3,7-9,11-12,20H2,1-2H3. The summed E-state index contributed by atoms with van der Waals surface area (Å²) >= 11 is 0. The lowest BCUT2D eigenvalue weighted by Crippen LogP contribution is -2.50. The minimum Gasteiger partial charge on any atom is -0.490 e. The number of benzene rings is 1. The van der Waals surface area contributed by atoms with E-state index in [0.29, 0.717) is 24.6 Å². The monoisotopic (exact) mass is 330 g/mol. The molecular formula is C19H26N2O3. The number of nitrogens with two attached hydrogens (primary N) is 1. The lowest BCUT2D eigenvalue weighted by Gasteiger charge is -2.38. The summed E-state index contributed by atoms with van der Waals surface area (Å²) in [5.41, 5.74) is 7.47. The fourth-order valence-corrected chi connectivity index (χ4v) is 3.50. The molecule has 2 N–H and O–H groups in total. The van der Waals surface area contributed by atoms with Crippen LogP contribution < -0.4 is 15.2 Å². The highest BCUT2D eigenvalue weighted by molar-refractivity contribution is 5.99. The smallest absolute Gasteiger partial charge is 0.253 e. The first-order chi connectivity index (χ1) is 11.6. The molecule has 1 aromatic rings. The molecule has 0 aromatic heterocycles. The molecule has 0 spiro atoms. The number of para-hydroxylation sites is 1. The number of piperidine rings is 1. The number of hydrogen-bond donors (Lipinski definition) is 1. The van der Waals surface area contributed by atoms with Gasteiger partial charge in [-0.1, -0.05) is 19.1 Å². The van der Waals surface area contributed by atoms with E-state index >= 15 is 0 Å². The van der Waals surface area contributed by atoms with Crippen molar-refractivity contribution >= 4 is 12.0 Å². The minimum absolute atomic E-state index is 0.0461. The van der Waals surface area contributed by atoms with Crippen LogP contribution in [0.25, 0.3) is 6.08 Å². The first-order valence-corrected chi connectivity index (χ1v) is 8.74. The van der Waals surface area contributed by atoms with E-state index in [0.717, 1.165) is 36.4 Å². The van der Waals surface area contributed by atoms with Gasteiger partial charge in [-0.3, -0.25) is 4.79 Å². The van der Waals surface area contributed by atoms with E-state index in [-0.39, 0.29) is 18.6 Å². The Morgan fingerprint density at radius 1 is 1.46 bits per heavy atom. The van der Waals surface area contributed by atoms with Crippen molar-refractivity contribution in [2.24, 2.45) is 11.7 Å². The highest BCUT2D eigenvalue weighted by Gasteiger charge is 2.32. The van der Waals surface area contributed by atoms with Gasteiger partial charge in [0.25, 0.3) is 5.91 Å². The number of rotatable bonds is 4. The Labute approximate surface area is 143 Å². The molecule has 1 aromatic carbocycles. The predicted octanol–water partition coefficient (Wildman–Crippen LogP) is 2.45. The van der Waals surface area contributed by atoms with Gasteiger partial charge in [-0.2, -0.15) is 0 Å². The van der Waals surface area contributed by atoms with Gasteiger partial charge in [0, 0.05) is 24.7 Å². The zero-order valence-corrected chi connectivity index (χ0v) is 14.5. The van der Waals surface area contributed by atoms with Crippen LogP contribution in [0.15, 0.2) is 23.8 Å². The molecule has 2 heterocycles. The van der Waals surface area contributed by atoms with Gasteiger partial charge in [0.1, 0.15) is 6.61 Å². The van der Waals surface area contributed by atoms with Crippen LogP contribution in [-0.4, -0.2) is 43.2 Å². The molecule has 1 amide bonds. The maximum atomic E-state index is 12.9. The van der Waals surface area contributed by atoms with Crippen LogP contribution in [0.2, 0.25) is 0 Å². The van der Waals surface area contributed by atoms with Crippen LogP contribution >= 0.6 is 0 Å². The summed E-state index contributed by atoms with van der Waals surface area (Å²) in [6.07, 6.45) is 3.93. The van der Waals surface area contributed by atoms with Crippen LogP contribution in [0.1, 0.15) is 32.3 Å². The van der Waals surface area contributed by atoms with Crippen molar-refractivity contribution in [2.45, 2.75) is 32.7 Å². The molecular weight excluding hydrogens is 304 g/mol. The van der Waals surface area contributed by atoms with Gasteiger partial charge in [0.15, 0.2) is 11.5 Å². The third-order valence-electron chi connectivity index (χ3n) is 4.80. The number of amides is 1. The molecule has 130 valence electrons. The van der Waals surface area contributed by atoms with Gasteiger partial charge in [0.2, 0.25) is 0 Å². The van der Waals surface area contributed by atoms with Crippen molar-refractivity contribution in [1.29, 1.82) is 0 Å². The Kier molecular flexibility index (Phi) is 5.09. The number of carbonyl (C=O) groups is 1. The summed E-state index contributed by atoms with van der Waals surface area (Å²) in [6, 6.07) is 5.88. The molecule has 0 saturated carbocycles. The summed E-state index contributed by atoms with van der Waals surface area (Å²) in [4.78, 5) is 14.9. The highest BCUT2D eigenvalue weighted by atomic mass is 16.5. The number of nitrogens with zero attached hydrogens (tertiary/aromatic N) is 1. The fourth-order valence-electron chi connectivity index (χ4n) is 3.50. The third-order valence-corrected chi connectivity index (χ3v) is 4.80. The zero-order valence-electron chi connectivity index (χ0n) is 14.5. The van der Waals surface area contributed by atoms with E-state index < -0.39 is 0 Å². The van der Waals surface area contributed by atoms with Crippen LogP contribution in [0.5, 0.6) is 11.5 Å². The van der Waals surface area contributed by atoms with Gasteiger partial charge in [-0.25, -0.2) is 0 Å². The Morgan fingerprint density at radius 3 is 3.04 bits per heavy atom. The van der Waals surface area contributed by atoms with E-state index in [1.54, 1.807) is 0 Å². The van der Waals surface area contributed by atoms with Gasteiger partial charge in [-0.05, 0) is 37.8 Å². The van der Waals surface area contributed by atoms with E-state index in [2.05, 4.69) is 6.92 Å². The Bertz CT molecular complexity index is 641. The van der Waals surface area contributed by atoms with Crippen LogP contribution in [0.4, 0.5) is 0 Å². The van der Waals surface area contributed by atoms with E-state index in [1.165, 1.54) is 0 Å². The maximum Gasteiger partial charge on any atom is 0.253 e. The SMILES string of the molecule is CCOc1cccc2c1OCC(C(=O)N1CCC(C)CC1CN)=C2. The molecule has 0 bridgehead atoms. The first kappa shape index (κ1) is 16.8. The van der Waals surface area contributed by atoms with E-state index in [4.69, 9.17) is 15.2 Å². The zero-order chi connectivity index (χ0) is 17.1. The Hall–Kier alpha value is -2.01. The molecule has 0 radical (unpaired) electrons. The van der Waals surface area contributed by atoms with Gasteiger partial charge in [0.05, 0.1) is 12.2 Å². The topological polar surface area (TPSA) is 64.8 Å². The average Bonchev–Trinajstić information content (AvgIpc) is 2.61. The van der Waals surface area contributed by atoms with Gasteiger partial charge in [-0.15, -0.1) is 0 Å². The quantitative estimate of drug-likeness (QED) is 0.921. The van der Waals surface area contributed by atoms with Crippen molar-refractivity contribution < 1.29 is 14.3 Å². The largest absolute Gasteiger partial charge is 0.490 e. The summed E-state index contributed by atoms with van der Waals surface area (Å²) < 4.78 is 11.4. The van der Waals surface area contributed by atoms with Crippen LogP contribution in [-0.2, 0) is 4.79 Å². The van der Waals surface area contributed by atoms with Crippen LogP contribution in [0.3, 0.4) is 0 Å². The second-order valence-corrected chi connectivity index (χ2v) is 6.58. The van der Waals surface area contributed by atoms with Crippen molar-refractivity contribution in [3.05, 3.63) is 29.3 Å². The lowest BCUT2D eigenvalue weighted by molar-refractivity contribution is -0.131. The molecule has 2 unspecified atom stereocenters. The normalized spacial score (nSPS) is 23.1. The summed E-state index contributed by atoms with van der Waals surface area (Å²) in [5.74, 6) is 2.11. The van der Waals surface area contributed by atoms with Crippen molar-refractivity contribution in [3.8, 4) is 11.5 Å². The average molecular weight is 330 g/mol. The van der Waals surface area contributed by atoms with Crippen molar-refractivity contribution in [3.63, 3.8) is 0 Å². The fraction of sp³-hybridized carbons (Fsp3) is 0.526. The molecule has 24 heavy (non-hydrogen) atoms. The molecule has 2 aliphatic heterocycles. The minimum atomic E-state index is 0.0461. The molecule has 3 rings (SSSR count). The third kappa shape index (κ3) is 3.26. The predicted molar refractivity (Wildman–Crippen MR) is 94.0 cm³/mol. The number of hydrogen-bond acceptors (Lipinski definition) is 4. The summed E-state index contributed by atoms with van der Waals surface area (Å²) in [5, 5.41) is 0. The Morgan fingerprint density at radius 2 is 2.29 bits per heavy atom. The molecule has 2 aliphatic rings. The van der Waals surface area contributed by atoms with Crippen molar-refractivity contribution in [1.82, 2.24) is 4.90 Å². The number of carbonyl (C=O) groups excluding carboxylic acids is 1. The van der Waals surface area contributed by atoms with Gasteiger partial charge >= 0.3 is 0 Å². The second-order valence-electron chi connectivity index (χ2n) is 6.58. The molecule has 0 aliphatic carbocycles. The van der Waals surface area contributed by atoms with Crippen LogP contribution in [0, 0.1) is 5.92 Å². The van der Waals surface area contributed by atoms with E-state index in [9.17, 15) is 4.79 Å². The maximum absolute atomic E-state index is 12.9. The Balaban J connectivity index is 1.83. The molecule has 1 saturated heterocycles.